The molecule has 3 N–H and O–H groups in total. The summed E-state index contributed by atoms with van der Waals surface area (Å²) in [5, 5.41) is 6.89. The van der Waals surface area contributed by atoms with Crippen LogP contribution in [0.5, 0.6) is 10.8 Å². The lowest BCUT2D eigenvalue weighted by Crippen LogP contribution is -2.17. The zero-order valence-corrected chi connectivity index (χ0v) is 17.3. The van der Waals surface area contributed by atoms with Gasteiger partial charge in [0.15, 0.2) is 5.06 Å². The molecule has 0 unspecified atom stereocenters. The van der Waals surface area contributed by atoms with Gasteiger partial charge in [0.05, 0.1) is 27.5 Å². The minimum atomic E-state index is 0.284. The number of aryl methyl sites for hydroxylation is 1. The first-order valence-corrected chi connectivity index (χ1v) is 10.2. The summed E-state index contributed by atoms with van der Waals surface area (Å²) in [6, 6.07) is 3.73. The van der Waals surface area contributed by atoms with Gasteiger partial charge in [-0.05, 0) is 55.7 Å². The lowest BCUT2D eigenvalue weighted by Gasteiger charge is -2.19. The number of nitrogens with one attached hydrogen (secondary N) is 1. The van der Waals surface area contributed by atoms with E-state index in [2.05, 4.69) is 22.1 Å². The van der Waals surface area contributed by atoms with E-state index in [1.54, 1.807) is 12.4 Å². The van der Waals surface area contributed by atoms with Crippen LogP contribution in [0.1, 0.15) is 34.5 Å². The average Bonchev–Trinajstić information content (AvgIpc) is 3.06. The number of pyridine rings is 1. The molecule has 0 saturated carbocycles. The summed E-state index contributed by atoms with van der Waals surface area (Å²) in [5.74, 6) is 0.695. The van der Waals surface area contributed by atoms with E-state index in [-0.39, 0.29) is 6.54 Å². The van der Waals surface area contributed by atoms with Gasteiger partial charge in [-0.1, -0.05) is 35.3 Å². The molecule has 0 bridgehead atoms. The molecule has 1 aliphatic rings. The summed E-state index contributed by atoms with van der Waals surface area (Å²) in [6.07, 6.45) is 5.58. The number of aromatic nitrogens is 1. The number of thiocarbonyl (C=S) groups is 1. The van der Waals surface area contributed by atoms with Gasteiger partial charge < -0.3 is 15.8 Å². The third-order valence-electron chi connectivity index (χ3n) is 4.54. The number of thiophene rings is 1. The van der Waals surface area contributed by atoms with Crippen molar-refractivity contribution in [3.05, 3.63) is 63.3 Å². The molecule has 6 nitrogen and oxygen atoms in total. The number of rotatable bonds is 8. The lowest BCUT2D eigenvalue weighted by molar-refractivity contribution is 0.488. The van der Waals surface area contributed by atoms with Gasteiger partial charge in [0.25, 0.3) is 0 Å². The Bertz CT molecular complexity index is 950. The van der Waals surface area contributed by atoms with Crippen LogP contribution in [0.2, 0.25) is 0 Å². The summed E-state index contributed by atoms with van der Waals surface area (Å²) in [5.41, 5.74) is 10.4. The van der Waals surface area contributed by atoms with Crippen LogP contribution in [0, 0.1) is 11.8 Å². The zero-order valence-electron chi connectivity index (χ0n) is 15.7. The molecule has 8 heteroatoms. The quantitative estimate of drug-likeness (QED) is 0.287. The molecular formula is C20H22N4O2S2. The van der Waals surface area contributed by atoms with E-state index in [1.807, 2.05) is 19.1 Å². The molecule has 3 rings (SSSR count). The number of hydrogen-bond acceptors (Lipinski definition) is 8. The maximum Gasteiger partial charge on any atom is 0.190 e. The van der Waals surface area contributed by atoms with Crippen molar-refractivity contribution in [3.63, 3.8) is 0 Å². The summed E-state index contributed by atoms with van der Waals surface area (Å²) < 4.78 is 6.22. The van der Waals surface area contributed by atoms with Crippen molar-refractivity contribution in [2.24, 2.45) is 10.9 Å². The molecule has 0 amide bonds. The van der Waals surface area contributed by atoms with E-state index in [0.717, 1.165) is 55.7 Å². The zero-order chi connectivity index (χ0) is 20.1. The smallest absolute Gasteiger partial charge is 0.190 e. The van der Waals surface area contributed by atoms with Crippen LogP contribution >= 0.6 is 23.6 Å². The van der Waals surface area contributed by atoms with Gasteiger partial charge in [0.2, 0.25) is 0 Å². The molecule has 0 aliphatic heterocycles. The fraction of sp³-hybridized carbons (Fsp3) is 0.300. The number of nitrogens with zero attached hydrogens (tertiary/aromatic N) is 2. The molecule has 0 atom stereocenters. The maximum absolute atomic E-state index is 10.3. The number of allylic oxidation sites excluding steroid dienone is 1. The second-order valence-corrected chi connectivity index (χ2v) is 7.79. The van der Waals surface area contributed by atoms with Crippen molar-refractivity contribution in [2.75, 3.05) is 13.1 Å². The normalized spacial score (nSPS) is 14.6. The number of fused-ring (bicyclic) bond motifs is 1. The SMILES string of the molecule is C=C(NCCCN=O)c1sc(Oc2cccnc2C)c2c1CCC(=CN)C2=S. The number of hydrogen-bond donors (Lipinski definition) is 2. The largest absolute Gasteiger partial charge is 0.444 e. The van der Waals surface area contributed by atoms with Crippen molar-refractivity contribution in [3.8, 4) is 10.8 Å². The van der Waals surface area contributed by atoms with Crippen LogP contribution in [0.4, 0.5) is 0 Å². The maximum atomic E-state index is 10.3. The van der Waals surface area contributed by atoms with E-state index in [0.29, 0.717) is 18.7 Å². The van der Waals surface area contributed by atoms with Crippen LogP contribution < -0.4 is 15.8 Å². The molecule has 146 valence electrons. The van der Waals surface area contributed by atoms with E-state index >= 15 is 0 Å². The lowest BCUT2D eigenvalue weighted by atomic mass is 9.89. The third-order valence-corrected chi connectivity index (χ3v) is 6.17. The van der Waals surface area contributed by atoms with Crippen molar-refractivity contribution < 1.29 is 4.74 Å². The topological polar surface area (TPSA) is 89.6 Å². The number of ether oxygens (including phenoxy) is 1. The minimum Gasteiger partial charge on any atom is -0.444 e. The number of nitroso groups, excluding NO2 is 1. The van der Waals surface area contributed by atoms with Gasteiger partial charge in [-0.15, -0.1) is 0 Å². The first kappa shape index (κ1) is 20.2. The summed E-state index contributed by atoms with van der Waals surface area (Å²) in [4.78, 5) is 16.3. The van der Waals surface area contributed by atoms with Crippen molar-refractivity contribution in [2.45, 2.75) is 26.2 Å². The highest BCUT2D eigenvalue weighted by molar-refractivity contribution is 7.81. The van der Waals surface area contributed by atoms with E-state index in [9.17, 15) is 4.91 Å². The Labute approximate surface area is 173 Å². The Morgan fingerprint density at radius 1 is 1.54 bits per heavy atom. The fourth-order valence-corrected chi connectivity index (χ4v) is 4.68. The molecule has 28 heavy (non-hydrogen) atoms. The minimum absolute atomic E-state index is 0.284. The predicted molar refractivity (Wildman–Crippen MR) is 118 cm³/mol. The van der Waals surface area contributed by atoms with Crippen LogP contribution in [0.15, 0.2) is 41.9 Å². The Hall–Kier alpha value is -2.58. The molecule has 0 aromatic carbocycles. The third kappa shape index (κ3) is 4.13. The van der Waals surface area contributed by atoms with Crippen LogP contribution in [-0.4, -0.2) is 22.9 Å². The summed E-state index contributed by atoms with van der Waals surface area (Å²) in [6.45, 7) is 6.99. The summed E-state index contributed by atoms with van der Waals surface area (Å²) >= 11 is 7.22. The van der Waals surface area contributed by atoms with Crippen molar-refractivity contribution in [1.29, 1.82) is 0 Å². The highest BCUT2D eigenvalue weighted by Crippen LogP contribution is 2.45. The van der Waals surface area contributed by atoms with Gasteiger partial charge in [-0.2, -0.15) is 4.91 Å². The predicted octanol–water partition coefficient (Wildman–Crippen LogP) is 4.47. The molecule has 2 aromatic heterocycles. The molecule has 1 aliphatic carbocycles. The average molecular weight is 415 g/mol. The van der Waals surface area contributed by atoms with Crippen molar-refractivity contribution >= 4 is 34.1 Å². The Morgan fingerprint density at radius 2 is 2.36 bits per heavy atom. The monoisotopic (exact) mass is 414 g/mol. The van der Waals surface area contributed by atoms with Gasteiger partial charge in [0, 0.05) is 18.4 Å². The molecule has 0 fully saturated rings. The molecular weight excluding hydrogens is 392 g/mol. The van der Waals surface area contributed by atoms with Gasteiger partial charge >= 0.3 is 0 Å². The highest BCUT2D eigenvalue weighted by atomic mass is 32.1. The van der Waals surface area contributed by atoms with Gasteiger partial charge in [-0.3, -0.25) is 4.98 Å². The first-order valence-electron chi connectivity index (χ1n) is 8.99. The molecule has 2 heterocycles. The Morgan fingerprint density at radius 3 is 3.07 bits per heavy atom. The van der Waals surface area contributed by atoms with Gasteiger partial charge in [0.1, 0.15) is 5.75 Å². The summed E-state index contributed by atoms with van der Waals surface area (Å²) in [7, 11) is 0. The Balaban J connectivity index is 1.96. The van der Waals surface area contributed by atoms with E-state index in [4.69, 9.17) is 22.7 Å². The van der Waals surface area contributed by atoms with E-state index in [1.165, 1.54) is 11.3 Å². The van der Waals surface area contributed by atoms with E-state index < -0.39 is 0 Å². The second-order valence-electron chi connectivity index (χ2n) is 6.39. The van der Waals surface area contributed by atoms with Gasteiger partial charge in [-0.25, -0.2) is 0 Å². The molecule has 0 saturated heterocycles. The van der Waals surface area contributed by atoms with Crippen LogP contribution in [-0.2, 0) is 6.42 Å². The van der Waals surface area contributed by atoms with Crippen LogP contribution in [0.25, 0.3) is 5.70 Å². The standard InChI is InChI=1S/C20H22N4O2S2/c1-12-16(5-3-8-22-12)26-20-17-15(7-6-14(11-21)18(17)27)19(28-20)13(2)23-9-4-10-24-25/h3,5,8,11,23H,2,4,6-7,9-10,21H2,1H3. The number of nitrogens with two attached hydrogens (primary N) is 1. The van der Waals surface area contributed by atoms with Crippen molar-refractivity contribution in [1.82, 2.24) is 10.3 Å². The highest BCUT2D eigenvalue weighted by Gasteiger charge is 2.29. The molecule has 0 radical (unpaired) electrons. The van der Waals surface area contributed by atoms with Crippen LogP contribution in [0.3, 0.4) is 0 Å². The Kier molecular flexibility index (Phi) is 6.53. The molecule has 0 spiro atoms. The molecule has 2 aromatic rings. The fourth-order valence-electron chi connectivity index (χ4n) is 3.06. The first-order chi connectivity index (χ1) is 13.6. The second kappa shape index (κ2) is 9.07.